The van der Waals surface area contributed by atoms with Crippen LogP contribution in [0.5, 0.6) is 0 Å². The average molecular weight is 220 g/mol. The van der Waals surface area contributed by atoms with Crippen LogP contribution in [0.15, 0.2) is 66.7 Å². The van der Waals surface area contributed by atoms with Crippen molar-refractivity contribution in [3.63, 3.8) is 0 Å². The molecule has 0 fully saturated rings. The number of benzene rings is 2. The second kappa shape index (κ2) is 5.86. The fourth-order valence-electron chi connectivity index (χ4n) is 1.66. The third-order valence-corrected chi connectivity index (χ3v) is 2.66. The standard InChI is InChI=1S/C17H16/c1-15-9-5-7-13-17(15)14-8-6-12-16-10-3-2-4-11-16/h2-14H,1H3/b12-6+,14-8+. The van der Waals surface area contributed by atoms with E-state index >= 15 is 0 Å². The van der Waals surface area contributed by atoms with Crippen molar-refractivity contribution in [2.45, 2.75) is 6.92 Å². The van der Waals surface area contributed by atoms with E-state index in [1.165, 1.54) is 16.7 Å². The molecule has 17 heavy (non-hydrogen) atoms. The summed E-state index contributed by atoms with van der Waals surface area (Å²) in [5, 5.41) is 0. The highest BCUT2D eigenvalue weighted by Gasteiger charge is 1.88. The van der Waals surface area contributed by atoms with Crippen molar-refractivity contribution in [3.8, 4) is 0 Å². The summed E-state index contributed by atoms with van der Waals surface area (Å²) in [6.07, 6.45) is 8.39. The van der Waals surface area contributed by atoms with Gasteiger partial charge >= 0.3 is 0 Å². The normalized spacial score (nSPS) is 11.4. The maximum Gasteiger partial charge on any atom is -0.0227 e. The molecule has 0 bridgehead atoms. The van der Waals surface area contributed by atoms with Gasteiger partial charge in [0.1, 0.15) is 0 Å². The molecule has 84 valence electrons. The first-order valence-electron chi connectivity index (χ1n) is 5.82. The molecule has 0 nitrogen and oxygen atoms in total. The Morgan fingerprint density at radius 2 is 1.35 bits per heavy atom. The molecule has 2 aromatic carbocycles. The van der Waals surface area contributed by atoms with Gasteiger partial charge in [0.2, 0.25) is 0 Å². The Hall–Kier alpha value is -2.08. The monoisotopic (exact) mass is 220 g/mol. The Morgan fingerprint density at radius 3 is 2.12 bits per heavy atom. The molecule has 0 saturated carbocycles. The van der Waals surface area contributed by atoms with E-state index in [-0.39, 0.29) is 0 Å². The summed E-state index contributed by atoms with van der Waals surface area (Å²) in [4.78, 5) is 0. The van der Waals surface area contributed by atoms with Crippen LogP contribution in [0.4, 0.5) is 0 Å². The van der Waals surface area contributed by atoms with Crippen LogP contribution in [0.3, 0.4) is 0 Å². The molecule has 0 aliphatic rings. The minimum atomic E-state index is 1.22. The molecule has 0 aliphatic heterocycles. The van der Waals surface area contributed by atoms with Crippen molar-refractivity contribution >= 4 is 12.2 Å². The minimum absolute atomic E-state index is 1.22. The quantitative estimate of drug-likeness (QED) is 0.656. The van der Waals surface area contributed by atoms with Gasteiger partial charge in [0.05, 0.1) is 0 Å². The van der Waals surface area contributed by atoms with Crippen molar-refractivity contribution < 1.29 is 0 Å². The minimum Gasteiger partial charge on any atom is -0.0622 e. The summed E-state index contributed by atoms with van der Waals surface area (Å²) in [6.45, 7) is 2.13. The second-order valence-corrected chi connectivity index (χ2v) is 3.99. The van der Waals surface area contributed by atoms with Gasteiger partial charge in [-0.15, -0.1) is 0 Å². The van der Waals surface area contributed by atoms with Gasteiger partial charge in [0.15, 0.2) is 0 Å². The molecular weight excluding hydrogens is 204 g/mol. The molecule has 0 heterocycles. The molecule has 0 atom stereocenters. The Labute approximate surface area is 103 Å². The highest BCUT2D eigenvalue weighted by molar-refractivity contribution is 5.58. The summed E-state index contributed by atoms with van der Waals surface area (Å²) in [5.74, 6) is 0. The van der Waals surface area contributed by atoms with Crippen LogP contribution in [-0.2, 0) is 0 Å². The fraction of sp³-hybridized carbons (Fsp3) is 0.0588. The van der Waals surface area contributed by atoms with Crippen molar-refractivity contribution in [1.29, 1.82) is 0 Å². The first-order valence-corrected chi connectivity index (χ1v) is 5.82. The van der Waals surface area contributed by atoms with E-state index in [1.54, 1.807) is 0 Å². The lowest BCUT2D eigenvalue weighted by Crippen LogP contribution is -1.76. The van der Waals surface area contributed by atoms with E-state index in [1.807, 2.05) is 18.2 Å². The zero-order valence-electron chi connectivity index (χ0n) is 10.0. The molecule has 0 aliphatic carbocycles. The van der Waals surface area contributed by atoms with Crippen molar-refractivity contribution in [2.75, 3.05) is 0 Å². The number of allylic oxidation sites excluding steroid dienone is 2. The van der Waals surface area contributed by atoms with Crippen LogP contribution >= 0.6 is 0 Å². The summed E-state index contributed by atoms with van der Waals surface area (Å²) in [7, 11) is 0. The van der Waals surface area contributed by atoms with Gasteiger partial charge in [0, 0.05) is 0 Å². The Bertz CT molecular complexity index is 519. The molecule has 2 rings (SSSR count). The van der Waals surface area contributed by atoms with Gasteiger partial charge in [-0.3, -0.25) is 0 Å². The van der Waals surface area contributed by atoms with Crippen LogP contribution in [0.1, 0.15) is 16.7 Å². The summed E-state index contributed by atoms with van der Waals surface area (Å²) in [6, 6.07) is 18.7. The molecule has 0 unspecified atom stereocenters. The largest absolute Gasteiger partial charge is 0.0622 e. The zero-order valence-corrected chi connectivity index (χ0v) is 10.0. The number of hydrogen-bond acceptors (Lipinski definition) is 0. The molecule has 0 heteroatoms. The number of aryl methyl sites for hydroxylation is 1. The highest BCUT2D eigenvalue weighted by Crippen LogP contribution is 2.09. The first-order chi connectivity index (χ1) is 8.36. The lowest BCUT2D eigenvalue weighted by atomic mass is 10.1. The summed E-state index contributed by atoms with van der Waals surface area (Å²) < 4.78 is 0. The van der Waals surface area contributed by atoms with Crippen molar-refractivity contribution in [2.24, 2.45) is 0 Å². The molecule has 0 radical (unpaired) electrons. The van der Waals surface area contributed by atoms with E-state index in [2.05, 4.69) is 67.6 Å². The smallest absolute Gasteiger partial charge is 0.0227 e. The summed E-state index contributed by atoms with van der Waals surface area (Å²) in [5.41, 5.74) is 3.80. The maximum absolute atomic E-state index is 2.13. The third kappa shape index (κ3) is 3.46. The predicted octanol–water partition coefficient (Wildman–Crippen LogP) is 4.72. The molecule has 0 aromatic heterocycles. The summed E-state index contributed by atoms with van der Waals surface area (Å²) >= 11 is 0. The lowest BCUT2D eigenvalue weighted by Gasteiger charge is -1.96. The van der Waals surface area contributed by atoms with Crippen LogP contribution < -0.4 is 0 Å². The molecule has 0 saturated heterocycles. The molecule has 0 amide bonds. The number of rotatable bonds is 3. The van der Waals surface area contributed by atoms with Gasteiger partial charge in [-0.05, 0) is 23.6 Å². The third-order valence-electron chi connectivity index (χ3n) is 2.66. The highest BCUT2D eigenvalue weighted by atomic mass is 13.9. The maximum atomic E-state index is 2.13. The van der Waals surface area contributed by atoms with E-state index in [0.717, 1.165) is 0 Å². The van der Waals surface area contributed by atoms with Gasteiger partial charge < -0.3 is 0 Å². The van der Waals surface area contributed by atoms with Crippen molar-refractivity contribution in [3.05, 3.63) is 83.4 Å². The van der Waals surface area contributed by atoms with Gasteiger partial charge in [0.25, 0.3) is 0 Å². The second-order valence-electron chi connectivity index (χ2n) is 3.99. The Balaban J connectivity index is 2.04. The lowest BCUT2D eigenvalue weighted by molar-refractivity contribution is 1.44. The van der Waals surface area contributed by atoms with Crippen LogP contribution in [0.25, 0.3) is 12.2 Å². The van der Waals surface area contributed by atoms with Crippen molar-refractivity contribution in [1.82, 2.24) is 0 Å². The van der Waals surface area contributed by atoms with Gasteiger partial charge in [-0.1, -0.05) is 78.9 Å². The van der Waals surface area contributed by atoms with E-state index in [9.17, 15) is 0 Å². The fourth-order valence-corrected chi connectivity index (χ4v) is 1.66. The molecular formula is C17H16. The predicted molar refractivity (Wildman–Crippen MR) is 75.7 cm³/mol. The van der Waals surface area contributed by atoms with Gasteiger partial charge in [-0.2, -0.15) is 0 Å². The average Bonchev–Trinajstić information content (AvgIpc) is 2.38. The van der Waals surface area contributed by atoms with E-state index in [4.69, 9.17) is 0 Å². The van der Waals surface area contributed by atoms with Crippen LogP contribution in [0, 0.1) is 6.92 Å². The number of hydrogen-bond donors (Lipinski definition) is 0. The SMILES string of the molecule is Cc1ccccc1/C=C/C=C/c1ccccc1. The zero-order chi connectivity index (χ0) is 11.9. The topological polar surface area (TPSA) is 0 Å². The molecule has 0 spiro atoms. The van der Waals surface area contributed by atoms with Crippen LogP contribution in [-0.4, -0.2) is 0 Å². The first kappa shape index (κ1) is 11.4. The molecule has 0 N–H and O–H groups in total. The van der Waals surface area contributed by atoms with Crippen LogP contribution in [0.2, 0.25) is 0 Å². The Morgan fingerprint density at radius 1 is 0.706 bits per heavy atom. The van der Waals surface area contributed by atoms with E-state index in [0.29, 0.717) is 0 Å². The Kier molecular flexibility index (Phi) is 3.93. The molecule has 2 aromatic rings. The van der Waals surface area contributed by atoms with E-state index < -0.39 is 0 Å². The van der Waals surface area contributed by atoms with Gasteiger partial charge in [-0.25, -0.2) is 0 Å².